The number of rotatable bonds is 5. The van der Waals surface area contributed by atoms with E-state index < -0.39 is 12.5 Å². The fourth-order valence-electron chi connectivity index (χ4n) is 4.20. The van der Waals surface area contributed by atoms with E-state index in [4.69, 9.17) is 0 Å². The molecule has 1 nitrogen and oxygen atoms in total. The summed E-state index contributed by atoms with van der Waals surface area (Å²) in [6, 6.07) is 0. The van der Waals surface area contributed by atoms with Gasteiger partial charge in [-0.2, -0.15) is 0 Å². The van der Waals surface area contributed by atoms with E-state index in [1.54, 1.807) is 0 Å². The van der Waals surface area contributed by atoms with Crippen molar-refractivity contribution in [2.24, 2.45) is 17.8 Å². The summed E-state index contributed by atoms with van der Waals surface area (Å²) in [5.41, 5.74) is 0. The molecule has 2 rings (SSSR count). The summed E-state index contributed by atoms with van der Waals surface area (Å²) in [7, 11) is 0. The van der Waals surface area contributed by atoms with Crippen LogP contribution in [0.25, 0.3) is 0 Å². The largest absolute Gasteiger partial charge is 0.522 e. The Bertz CT molecular complexity index is 278. The Hall–Kier alpha value is -0.250. The number of hydrogen-bond donors (Lipinski definition) is 0. The van der Waals surface area contributed by atoms with Crippen LogP contribution in [-0.2, 0) is 4.74 Å². The second-order valence-electron chi connectivity index (χ2n) is 6.79. The Morgan fingerprint density at radius 3 is 2.05 bits per heavy atom. The summed E-state index contributed by atoms with van der Waals surface area (Å²) in [5, 5.41) is 0. The molecule has 0 heterocycles. The highest BCUT2D eigenvalue weighted by atomic mass is 19.4. The van der Waals surface area contributed by atoms with E-state index in [-0.39, 0.29) is 11.8 Å². The minimum atomic E-state index is -4.49. The molecule has 0 aliphatic heterocycles. The first kappa shape index (κ1) is 16.1. The van der Waals surface area contributed by atoms with Gasteiger partial charge in [0.15, 0.2) is 0 Å². The van der Waals surface area contributed by atoms with Crippen LogP contribution in [0.15, 0.2) is 0 Å². The molecule has 0 aromatic heterocycles. The van der Waals surface area contributed by atoms with E-state index in [9.17, 15) is 13.2 Å². The maximum atomic E-state index is 12.7. The van der Waals surface area contributed by atoms with Crippen molar-refractivity contribution in [3.8, 4) is 0 Å². The van der Waals surface area contributed by atoms with Gasteiger partial charge in [0.05, 0.1) is 6.10 Å². The highest BCUT2D eigenvalue weighted by Gasteiger charge is 2.40. The van der Waals surface area contributed by atoms with Gasteiger partial charge >= 0.3 is 6.36 Å². The molecule has 2 aliphatic rings. The first-order valence-corrected chi connectivity index (χ1v) is 8.20. The van der Waals surface area contributed by atoms with Gasteiger partial charge in [0.1, 0.15) is 0 Å². The molecular formula is C16H27F3O. The first-order chi connectivity index (χ1) is 9.46. The highest BCUT2D eigenvalue weighted by molar-refractivity contribution is 4.82. The van der Waals surface area contributed by atoms with Gasteiger partial charge in [0.25, 0.3) is 0 Å². The van der Waals surface area contributed by atoms with Gasteiger partial charge in [-0.05, 0) is 37.0 Å². The molecule has 2 saturated carbocycles. The van der Waals surface area contributed by atoms with Crippen LogP contribution in [0.1, 0.15) is 71.1 Å². The molecule has 0 radical (unpaired) electrons. The Kier molecular flexibility index (Phi) is 5.76. The SMILES string of the molecule is CC(CC1CCCCC1)C(OC(F)(F)F)C1CCCC1. The van der Waals surface area contributed by atoms with Gasteiger partial charge in [-0.25, -0.2) is 0 Å². The van der Waals surface area contributed by atoms with Crippen molar-refractivity contribution < 1.29 is 17.9 Å². The molecule has 2 fully saturated rings. The zero-order valence-corrected chi connectivity index (χ0v) is 12.4. The second-order valence-corrected chi connectivity index (χ2v) is 6.79. The highest BCUT2D eigenvalue weighted by Crippen LogP contribution is 2.39. The monoisotopic (exact) mass is 292 g/mol. The summed E-state index contributed by atoms with van der Waals surface area (Å²) >= 11 is 0. The van der Waals surface area contributed by atoms with Crippen molar-refractivity contribution in [3.63, 3.8) is 0 Å². The van der Waals surface area contributed by atoms with E-state index in [2.05, 4.69) is 4.74 Å². The third-order valence-corrected chi connectivity index (χ3v) is 5.12. The number of alkyl halides is 3. The third kappa shape index (κ3) is 4.94. The number of hydrogen-bond acceptors (Lipinski definition) is 1. The van der Waals surface area contributed by atoms with Crippen LogP contribution in [0, 0.1) is 17.8 Å². The van der Waals surface area contributed by atoms with Crippen molar-refractivity contribution in [2.45, 2.75) is 83.6 Å². The number of halogens is 3. The van der Waals surface area contributed by atoms with E-state index in [1.165, 1.54) is 32.1 Å². The molecule has 0 saturated heterocycles. The molecule has 0 spiro atoms. The molecule has 2 unspecified atom stereocenters. The lowest BCUT2D eigenvalue weighted by Crippen LogP contribution is -2.35. The molecule has 0 aromatic carbocycles. The van der Waals surface area contributed by atoms with Gasteiger partial charge in [-0.15, -0.1) is 13.2 Å². The van der Waals surface area contributed by atoms with Gasteiger partial charge in [-0.1, -0.05) is 51.9 Å². The van der Waals surface area contributed by atoms with E-state index in [0.717, 1.165) is 32.1 Å². The van der Waals surface area contributed by atoms with Crippen LogP contribution >= 0.6 is 0 Å². The summed E-state index contributed by atoms with van der Waals surface area (Å²) in [4.78, 5) is 0. The lowest BCUT2D eigenvalue weighted by molar-refractivity contribution is -0.354. The smallest absolute Gasteiger partial charge is 0.288 e. The minimum absolute atomic E-state index is 0.0165. The Balaban J connectivity index is 1.93. The zero-order valence-electron chi connectivity index (χ0n) is 12.4. The van der Waals surface area contributed by atoms with Crippen LogP contribution in [0.2, 0.25) is 0 Å². The summed E-state index contributed by atoms with van der Waals surface area (Å²) in [5.74, 6) is 0.734. The van der Waals surface area contributed by atoms with Gasteiger partial charge in [0.2, 0.25) is 0 Å². The number of ether oxygens (including phenoxy) is 1. The van der Waals surface area contributed by atoms with E-state index in [0.29, 0.717) is 5.92 Å². The van der Waals surface area contributed by atoms with Crippen LogP contribution in [-0.4, -0.2) is 12.5 Å². The van der Waals surface area contributed by atoms with Crippen LogP contribution in [0.4, 0.5) is 13.2 Å². The minimum Gasteiger partial charge on any atom is -0.288 e. The molecule has 2 atom stereocenters. The summed E-state index contributed by atoms with van der Waals surface area (Å²) in [6.45, 7) is 1.96. The summed E-state index contributed by atoms with van der Waals surface area (Å²) in [6.07, 6.45) is 5.84. The molecule has 0 N–H and O–H groups in total. The van der Waals surface area contributed by atoms with Crippen molar-refractivity contribution >= 4 is 0 Å². The molecule has 118 valence electrons. The quantitative estimate of drug-likeness (QED) is 0.632. The van der Waals surface area contributed by atoms with Crippen LogP contribution in [0.3, 0.4) is 0 Å². The fourth-order valence-corrected chi connectivity index (χ4v) is 4.20. The van der Waals surface area contributed by atoms with Crippen molar-refractivity contribution in [1.29, 1.82) is 0 Å². The third-order valence-electron chi connectivity index (χ3n) is 5.12. The Morgan fingerprint density at radius 2 is 1.50 bits per heavy atom. The maximum Gasteiger partial charge on any atom is 0.522 e. The van der Waals surface area contributed by atoms with Crippen molar-refractivity contribution in [1.82, 2.24) is 0 Å². The molecule has 0 aromatic rings. The molecule has 0 bridgehead atoms. The first-order valence-electron chi connectivity index (χ1n) is 8.20. The lowest BCUT2D eigenvalue weighted by atomic mass is 9.79. The average molecular weight is 292 g/mol. The Labute approximate surface area is 120 Å². The van der Waals surface area contributed by atoms with Gasteiger partial charge in [0, 0.05) is 0 Å². The van der Waals surface area contributed by atoms with Crippen molar-refractivity contribution in [2.75, 3.05) is 0 Å². The average Bonchev–Trinajstić information content (AvgIpc) is 2.89. The van der Waals surface area contributed by atoms with E-state index >= 15 is 0 Å². The van der Waals surface area contributed by atoms with E-state index in [1.807, 2.05) is 6.92 Å². The standard InChI is InChI=1S/C16H27F3O/c1-12(11-13-7-3-2-4-8-13)15(20-16(17,18)19)14-9-5-6-10-14/h12-15H,2-11H2,1H3. The van der Waals surface area contributed by atoms with Crippen LogP contribution < -0.4 is 0 Å². The summed E-state index contributed by atoms with van der Waals surface area (Å²) < 4.78 is 42.6. The lowest BCUT2D eigenvalue weighted by Gasteiger charge is -2.33. The fraction of sp³-hybridized carbons (Fsp3) is 1.00. The van der Waals surface area contributed by atoms with Crippen LogP contribution in [0.5, 0.6) is 0 Å². The molecule has 2 aliphatic carbocycles. The maximum absolute atomic E-state index is 12.7. The molecule has 0 amide bonds. The topological polar surface area (TPSA) is 9.23 Å². The predicted octanol–water partition coefficient (Wildman–Crippen LogP) is 5.69. The van der Waals surface area contributed by atoms with Crippen molar-refractivity contribution in [3.05, 3.63) is 0 Å². The molecular weight excluding hydrogens is 265 g/mol. The molecule has 20 heavy (non-hydrogen) atoms. The zero-order chi connectivity index (χ0) is 14.6. The van der Waals surface area contributed by atoms with Gasteiger partial charge in [-0.3, -0.25) is 4.74 Å². The Morgan fingerprint density at radius 1 is 0.950 bits per heavy atom. The molecule has 4 heteroatoms. The normalized spacial score (nSPS) is 25.8. The second kappa shape index (κ2) is 7.15. The predicted molar refractivity (Wildman–Crippen MR) is 73.2 cm³/mol. The van der Waals surface area contributed by atoms with Gasteiger partial charge < -0.3 is 0 Å².